The molecular formula is C30H28O8. The number of hydrogen-bond donors (Lipinski definition) is 0. The van der Waals surface area contributed by atoms with Crippen LogP contribution in [0.15, 0.2) is 52.9 Å². The van der Waals surface area contributed by atoms with Crippen LogP contribution in [0, 0.1) is 6.92 Å². The van der Waals surface area contributed by atoms with Crippen LogP contribution in [-0.4, -0.2) is 26.2 Å². The van der Waals surface area contributed by atoms with Crippen LogP contribution in [0.2, 0.25) is 0 Å². The van der Waals surface area contributed by atoms with E-state index in [1.54, 1.807) is 14.0 Å². The molecule has 38 heavy (non-hydrogen) atoms. The van der Waals surface area contributed by atoms with Gasteiger partial charge in [0, 0.05) is 37.1 Å². The standard InChI is InChI=1S/C30H28O8/c1-16-23(35-17(2)31)14-27(36-18(3)32)28(29(16)34-5)26-13-21-25(37-26)15-24(33-4)20-11-12-22(38-30(20)21)19-9-7-6-8-10-19/h6-10,13-15,22H,11-12H2,1-5H3/t22-/m0/s1. The predicted octanol–water partition coefficient (Wildman–Crippen LogP) is 6.34. The summed E-state index contributed by atoms with van der Waals surface area (Å²) in [4.78, 5) is 23.7. The largest absolute Gasteiger partial charge is 0.496 e. The molecule has 0 unspecified atom stereocenters. The van der Waals surface area contributed by atoms with Crippen LogP contribution in [0.4, 0.5) is 0 Å². The summed E-state index contributed by atoms with van der Waals surface area (Å²) >= 11 is 0. The van der Waals surface area contributed by atoms with Crippen LogP contribution in [-0.2, 0) is 16.0 Å². The number of esters is 2. The molecule has 1 aliphatic rings. The third-order valence-electron chi connectivity index (χ3n) is 6.55. The number of carbonyl (C=O) groups excluding carboxylic acids is 2. The van der Waals surface area contributed by atoms with Crippen molar-refractivity contribution in [3.63, 3.8) is 0 Å². The molecular weight excluding hydrogens is 488 g/mol. The monoisotopic (exact) mass is 516 g/mol. The highest BCUT2D eigenvalue weighted by Gasteiger charge is 2.30. The summed E-state index contributed by atoms with van der Waals surface area (Å²) < 4.78 is 35.1. The molecule has 8 nitrogen and oxygen atoms in total. The van der Waals surface area contributed by atoms with Crippen molar-refractivity contribution in [2.45, 2.75) is 39.7 Å². The summed E-state index contributed by atoms with van der Waals surface area (Å²) in [6, 6.07) is 15.2. The molecule has 0 bridgehead atoms. The Morgan fingerprint density at radius 3 is 2.26 bits per heavy atom. The minimum absolute atomic E-state index is 0.117. The van der Waals surface area contributed by atoms with E-state index in [1.807, 2.05) is 30.3 Å². The Morgan fingerprint density at radius 2 is 1.61 bits per heavy atom. The third-order valence-corrected chi connectivity index (χ3v) is 6.55. The lowest BCUT2D eigenvalue weighted by Gasteiger charge is -2.28. The summed E-state index contributed by atoms with van der Waals surface area (Å²) in [5, 5.41) is 0.758. The number of hydrogen-bond acceptors (Lipinski definition) is 8. The Labute approximate surface area is 220 Å². The van der Waals surface area contributed by atoms with Crippen molar-refractivity contribution >= 4 is 22.9 Å². The number of ether oxygens (including phenoxy) is 5. The van der Waals surface area contributed by atoms with Gasteiger partial charge in [-0.3, -0.25) is 9.59 Å². The van der Waals surface area contributed by atoms with Gasteiger partial charge in [-0.05, 0) is 31.4 Å². The minimum Gasteiger partial charge on any atom is -0.496 e. The molecule has 0 aliphatic carbocycles. The Bertz CT molecular complexity index is 1530. The molecule has 3 aromatic carbocycles. The van der Waals surface area contributed by atoms with Gasteiger partial charge < -0.3 is 28.1 Å². The molecule has 0 amide bonds. The summed E-state index contributed by atoms with van der Waals surface area (Å²) in [6.45, 7) is 4.34. The summed E-state index contributed by atoms with van der Waals surface area (Å²) in [6.07, 6.45) is 1.46. The molecule has 2 heterocycles. The topological polar surface area (TPSA) is 93.4 Å². The van der Waals surface area contributed by atoms with E-state index in [0.717, 1.165) is 29.4 Å². The Balaban J connectivity index is 1.70. The van der Waals surface area contributed by atoms with Gasteiger partial charge in [0.1, 0.15) is 51.8 Å². The molecule has 0 radical (unpaired) electrons. The van der Waals surface area contributed by atoms with Gasteiger partial charge in [-0.25, -0.2) is 0 Å². The Kier molecular flexibility index (Phi) is 6.72. The summed E-state index contributed by atoms with van der Waals surface area (Å²) in [5.74, 6) is 1.41. The lowest BCUT2D eigenvalue weighted by atomic mass is 9.95. The highest BCUT2D eigenvalue weighted by Crippen LogP contribution is 2.50. The van der Waals surface area contributed by atoms with Crippen molar-refractivity contribution in [3.8, 4) is 40.1 Å². The fourth-order valence-corrected chi connectivity index (χ4v) is 4.92. The molecule has 0 saturated heterocycles. The zero-order valence-electron chi connectivity index (χ0n) is 21.9. The first-order valence-corrected chi connectivity index (χ1v) is 12.2. The second kappa shape index (κ2) is 10.1. The number of benzene rings is 3. The number of fused-ring (bicyclic) bond motifs is 3. The number of methoxy groups -OCH3 is 2. The van der Waals surface area contributed by atoms with E-state index in [4.69, 9.17) is 28.1 Å². The Hall–Kier alpha value is -4.46. The van der Waals surface area contributed by atoms with E-state index >= 15 is 0 Å². The van der Waals surface area contributed by atoms with Crippen molar-refractivity contribution < 1.29 is 37.7 Å². The van der Waals surface area contributed by atoms with Gasteiger partial charge in [-0.1, -0.05) is 30.3 Å². The quantitative estimate of drug-likeness (QED) is 0.216. The number of rotatable bonds is 6. The lowest BCUT2D eigenvalue weighted by molar-refractivity contribution is -0.132. The average molecular weight is 517 g/mol. The molecule has 0 saturated carbocycles. The number of furan rings is 1. The maximum absolute atomic E-state index is 12.0. The first kappa shape index (κ1) is 25.2. The normalized spacial score (nSPS) is 14.4. The summed E-state index contributed by atoms with van der Waals surface area (Å²) in [7, 11) is 3.11. The van der Waals surface area contributed by atoms with Gasteiger partial charge in [0.05, 0.1) is 19.6 Å². The van der Waals surface area contributed by atoms with Crippen molar-refractivity contribution in [2.75, 3.05) is 14.2 Å². The highest BCUT2D eigenvalue weighted by atomic mass is 16.5. The smallest absolute Gasteiger partial charge is 0.308 e. The van der Waals surface area contributed by atoms with Crippen molar-refractivity contribution in [1.29, 1.82) is 0 Å². The van der Waals surface area contributed by atoms with Gasteiger partial charge >= 0.3 is 11.9 Å². The molecule has 1 aromatic heterocycles. The SMILES string of the molecule is COc1cc2oc(-c3c(OC(C)=O)cc(OC(C)=O)c(C)c3OC)cc2c2c1CC[C@@H](c1ccccc1)O2. The number of carbonyl (C=O) groups is 2. The van der Waals surface area contributed by atoms with Gasteiger partial charge in [-0.15, -0.1) is 0 Å². The first-order chi connectivity index (χ1) is 18.3. The van der Waals surface area contributed by atoms with E-state index in [0.29, 0.717) is 39.7 Å². The predicted molar refractivity (Wildman–Crippen MR) is 140 cm³/mol. The highest BCUT2D eigenvalue weighted by molar-refractivity contribution is 5.94. The zero-order chi connectivity index (χ0) is 27.0. The van der Waals surface area contributed by atoms with E-state index < -0.39 is 11.9 Å². The van der Waals surface area contributed by atoms with E-state index in [-0.39, 0.29) is 17.6 Å². The second-order valence-corrected chi connectivity index (χ2v) is 9.06. The molecule has 4 aromatic rings. The molecule has 0 N–H and O–H groups in total. The molecule has 5 rings (SSSR count). The molecule has 196 valence electrons. The van der Waals surface area contributed by atoms with E-state index in [2.05, 4.69) is 12.1 Å². The van der Waals surface area contributed by atoms with Crippen molar-refractivity contribution in [1.82, 2.24) is 0 Å². The molecule has 1 atom stereocenters. The van der Waals surface area contributed by atoms with Gasteiger partial charge in [-0.2, -0.15) is 0 Å². The van der Waals surface area contributed by atoms with Gasteiger partial charge in [0.25, 0.3) is 0 Å². The minimum atomic E-state index is -0.546. The zero-order valence-corrected chi connectivity index (χ0v) is 21.9. The lowest BCUT2D eigenvalue weighted by Crippen LogP contribution is -2.16. The molecule has 0 fully saturated rings. The fraction of sp³-hybridized carbons (Fsp3) is 0.267. The van der Waals surface area contributed by atoms with Crippen LogP contribution in [0.5, 0.6) is 28.7 Å². The molecule has 8 heteroatoms. The first-order valence-electron chi connectivity index (χ1n) is 12.2. The van der Waals surface area contributed by atoms with E-state index in [9.17, 15) is 9.59 Å². The van der Waals surface area contributed by atoms with Crippen LogP contribution in [0.1, 0.15) is 43.1 Å². The van der Waals surface area contributed by atoms with Crippen LogP contribution < -0.4 is 23.7 Å². The maximum atomic E-state index is 12.0. The van der Waals surface area contributed by atoms with Crippen molar-refractivity contribution in [2.24, 2.45) is 0 Å². The average Bonchev–Trinajstić information content (AvgIpc) is 3.33. The second-order valence-electron chi connectivity index (χ2n) is 9.06. The molecule has 0 spiro atoms. The Morgan fingerprint density at radius 1 is 0.895 bits per heavy atom. The van der Waals surface area contributed by atoms with Crippen LogP contribution in [0.3, 0.4) is 0 Å². The van der Waals surface area contributed by atoms with Gasteiger partial charge in [0.15, 0.2) is 0 Å². The fourth-order valence-electron chi connectivity index (χ4n) is 4.92. The summed E-state index contributed by atoms with van der Waals surface area (Å²) in [5.41, 5.74) is 3.56. The third kappa shape index (κ3) is 4.53. The van der Waals surface area contributed by atoms with Crippen LogP contribution in [0.25, 0.3) is 22.3 Å². The van der Waals surface area contributed by atoms with Crippen LogP contribution >= 0.6 is 0 Å². The van der Waals surface area contributed by atoms with Crippen molar-refractivity contribution in [3.05, 3.63) is 65.2 Å². The maximum Gasteiger partial charge on any atom is 0.308 e. The van der Waals surface area contributed by atoms with Gasteiger partial charge in [0.2, 0.25) is 0 Å². The van der Waals surface area contributed by atoms with E-state index in [1.165, 1.54) is 27.0 Å². The molecule has 1 aliphatic heterocycles.